The highest BCUT2D eigenvalue weighted by molar-refractivity contribution is 7.14. The molecular formula is C13H18ClN3S. The Morgan fingerprint density at radius 2 is 2.33 bits per heavy atom. The van der Waals surface area contributed by atoms with Crippen LogP contribution >= 0.6 is 22.9 Å². The van der Waals surface area contributed by atoms with E-state index in [1.165, 1.54) is 16.8 Å². The van der Waals surface area contributed by atoms with Gasteiger partial charge >= 0.3 is 0 Å². The summed E-state index contributed by atoms with van der Waals surface area (Å²) in [4.78, 5) is 0. The number of aromatic nitrogens is 2. The van der Waals surface area contributed by atoms with Gasteiger partial charge in [0.2, 0.25) is 0 Å². The van der Waals surface area contributed by atoms with Crippen molar-refractivity contribution in [1.29, 1.82) is 0 Å². The van der Waals surface area contributed by atoms with Crippen LogP contribution in [0.4, 0.5) is 0 Å². The average Bonchev–Trinajstić information content (AvgIpc) is 2.92. The summed E-state index contributed by atoms with van der Waals surface area (Å²) >= 11 is 7.53. The van der Waals surface area contributed by atoms with Crippen LogP contribution in [-0.4, -0.2) is 9.78 Å². The first-order chi connectivity index (χ1) is 8.60. The number of nitrogens with zero attached hydrogens (tertiary/aromatic N) is 2. The molecule has 1 N–H and O–H groups in total. The molecule has 0 bridgehead atoms. The number of thiophene rings is 1. The van der Waals surface area contributed by atoms with Crippen molar-refractivity contribution < 1.29 is 0 Å². The topological polar surface area (TPSA) is 29.9 Å². The minimum atomic E-state index is 0.304. The van der Waals surface area contributed by atoms with E-state index in [4.69, 9.17) is 11.6 Å². The fraction of sp³-hybridized carbons (Fsp3) is 0.462. The highest BCUT2D eigenvalue weighted by Gasteiger charge is 2.10. The summed E-state index contributed by atoms with van der Waals surface area (Å²) in [6, 6.07) is 2.33. The number of halogens is 1. The lowest BCUT2D eigenvalue weighted by Gasteiger charge is -2.12. The first kappa shape index (κ1) is 13.6. The molecule has 18 heavy (non-hydrogen) atoms. The summed E-state index contributed by atoms with van der Waals surface area (Å²) in [6.07, 6.45) is 3.05. The summed E-state index contributed by atoms with van der Waals surface area (Å²) < 4.78 is 2.72. The van der Waals surface area contributed by atoms with Crippen LogP contribution in [0, 0.1) is 0 Å². The van der Waals surface area contributed by atoms with Gasteiger partial charge in [-0.25, -0.2) is 0 Å². The van der Waals surface area contributed by atoms with Gasteiger partial charge in [-0.1, -0.05) is 18.5 Å². The molecule has 2 heterocycles. The van der Waals surface area contributed by atoms with Crippen molar-refractivity contribution in [3.8, 4) is 0 Å². The summed E-state index contributed by atoms with van der Waals surface area (Å²) in [5.41, 5.74) is 3.68. The standard InChI is InChI=1S/C13H18ClN3S/c1-4-12-11(7-17(3)16-12)6-15-9(2)10-5-13(14)18-8-10/h5,7-9,15H,4,6H2,1-3H3. The zero-order valence-corrected chi connectivity index (χ0v) is 12.5. The van der Waals surface area contributed by atoms with E-state index in [0.717, 1.165) is 17.3 Å². The monoisotopic (exact) mass is 283 g/mol. The van der Waals surface area contributed by atoms with Crippen LogP contribution < -0.4 is 5.32 Å². The molecule has 2 aromatic rings. The van der Waals surface area contributed by atoms with Crippen LogP contribution in [-0.2, 0) is 20.0 Å². The van der Waals surface area contributed by atoms with E-state index in [2.05, 4.69) is 35.8 Å². The van der Waals surface area contributed by atoms with Crippen molar-refractivity contribution in [3.05, 3.63) is 38.8 Å². The molecule has 0 saturated heterocycles. The molecule has 0 amide bonds. The van der Waals surface area contributed by atoms with Gasteiger partial charge in [0.25, 0.3) is 0 Å². The second-order valence-corrected chi connectivity index (χ2v) is 5.96. The highest BCUT2D eigenvalue weighted by Crippen LogP contribution is 2.24. The Hall–Kier alpha value is -0.840. The minimum Gasteiger partial charge on any atom is -0.306 e. The molecule has 2 aromatic heterocycles. The Morgan fingerprint density at radius 1 is 1.56 bits per heavy atom. The van der Waals surface area contributed by atoms with Crippen LogP contribution in [0.25, 0.3) is 0 Å². The second kappa shape index (κ2) is 5.87. The third-order valence-corrected chi connectivity index (χ3v) is 4.12. The zero-order valence-electron chi connectivity index (χ0n) is 10.9. The molecule has 98 valence electrons. The smallest absolute Gasteiger partial charge is 0.0931 e. The maximum Gasteiger partial charge on any atom is 0.0931 e. The third kappa shape index (κ3) is 3.13. The summed E-state index contributed by atoms with van der Waals surface area (Å²) in [7, 11) is 1.96. The Kier molecular flexibility index (Phi) is 4.43. The molecule has 0 spiro atoms. The lowest BCUT2D eigenvalue weighted by molar-refractivity contribution is 0.574. The quantitative estimate of drug-likeness (QED) is 0.909. The van der Waals surface area contributed by atoms with E-state index in [1.54, 1.807) is 11.3 Å². The predicted molar refractivity (Wildman–Crippen MR) is 77.2 cm³/mol. The van der Waals surface area contributed by atoms with Crippen molar-refractivity contribution in [2.45, 2.75) is 32.9 Å². The lowest BCUT2D eigenvalue weighted by Crippen LogP contribution is -2.18. The second-order valence-electron chi connectivity index (χ2n) is 4.41. The zero-order chi connectivity index (χ0) is 13.1. The molecule has 0 aliphatic rings. The van der Waals surface area contributed by atoms with Crippen molar-refractivity contribution in [2.24, 2.45) is 7.05 Å². The largest absolute Gasteiger partial charge is 0.306 e. The van der Waals surface area contributed by atoms with E-state index < -0.39 is 0 Å². The van der Waals surface area contributed by atoms with Crippen LogP contribution in [0.2, 0.25) is 4.34 Å². The lowest BCUT2D eigenvalue weighted by atomic mass is 10.1. The molecule has 1 atom stereocenters. The summed E-state index contributed by atoms with van der Waals surface area (Å²) in [6.45, 7) is 5.12. The first-order valence-electron chi connectivity index (χ1n) is 6.08. The number of nitrogens with one attached hydrogen (secondary N) is 1. The fourth-order valence-electron chi connectivity index (χ4n) is 1.96. The molecule has 0 radical (unpaired) electrons. The predicted octanol–water partition coefficient (Wildman–Crippen LogP) is 3.55. The molecule has 5 heteroatoms. The van der Waals surface area contributed by atoms with Gasteiger partial charge in [0.05, 0.1) is 10.0 Å². The van der Waals surface area contributed by atoms with Crippen molar-refractivity contribution in [1.82, 2.24) is 15.1 Å². The van der Waals surface area contributed by atoms with Gasteiger partial charge in [-0.2, -0.15) is 5.10 Å². The number of hydrogen-bond acceptors (Lipinski definition) is 3. The normalized spacial score (nSPS) is 12.9. The maximum atomic E-state index is 5.95. The van der Waals surface area contributed by atoms with E-state index in [9.17, 15) is 0 Å². The Balaban J connectivity index is 1.98. The molecule has 0 fully saturated rings. The van der Waals surface area contributed by atoms with Crippen molar-refractivity contribution in [3.63, 3.8) is 0 Å². The molecule has 0 aromatic carbocycles. The average molecular weight is 284 g/mol. The van der Waals surface area contributed by atoms with Crippen LogP contribution in [0.1, 0.15) is 36.7 Å². The Labute approximate surface area is 117 Å². The fourth-order valence-corrected chi connectivity index (χ4v) is 2.94. The molecule has 0 aliphatic heterocycles. The van der Waals surface area contributed by atoms with Gasteiger partial charge in [-0.15, -0.1) is 11.3 Å². The van der Waals surface area contributed by atoms with Gasteiger partial charge < -0.3 is 5.32 Å². The maximum absolute atomic E-state index is 5.95. The van der Waals surface area contributed by atoms with Gasteiger partial charge in [0.15, 0.2) is 0 Å². The van der Waals surface area contributed by atoms with Crippen LogP contribution in [0.5, 0.6) is 0 Å². The number of rotatable bonds is 5. The Bertz CT molecular complexity index is 518. The van der Waals surface area contributed by atoms with E-state index in [-0.39, 0.29) is 0 Å². The van der Waals surface area contributed by atoms with E-state index >= 15 is 0 Å². The summed E-state index contributed by atoms with van der Waals surface area (Å²) in [5, 5.41) is 10.1. The van der Waals surface area contributed by atoms with Crippen molar-refractivity contribution in [2.75, 3.05) is 0 Å². The Morgan fingerprint density at radius 3 is 2.94 bits per heavy atom. The highest BCUT2D eigenvalue weighted by atomic mass is 35.5. The molecule has 0 aliphatic carbocycles. The third-order valence-electron chi connectivity index (χ3n) is 3.01. The number of hydrogen-bond donors (Lipinski definition) is 1. The van der Waals surface area contributed by atoms with E-state index in [0.29, 0.717) is 6.04 Å². The molecule has 1 unspecified atom stereocenters. The molecule has 3 nitrogen and oxygen atoms in total. The minimum absolute atomic E-state index is 0.304. The summed E-state index contributed by atoms with van der Waals surface area (Å²) in [5.74, 6) is 0. The SMILES string of the molecule is CCc1nn(C)cc1CNC(C)c1csc(Cl)c1. The van der Waals surface area contributed by atoms with Gasteiger partial charge in [-0.3, -0.25) is 4.68 Å². The van der Waals surface area contributed by atoms with Crippen LogP contribution in [0.3, 0.4) is 0 Å². The molecule has 0 saturated carbocycles. The van der Waals surface area contributed by atoms with Crippen molar-refractivity contribution >= 4 is 22.9 Å². The van der Waals surface area contributed by atoms with Gasteiger partial charge in [-0.05, 0) is 30.4 Å². The van der Waals surface area contributed by atoms with Gasteiger partial charge in [0.1, 0.15) is 0 Å². The van der Waals surface area contributed by atoms with E-state index in [1.807, 2.05) is 17.8 Å². The van der Waals surface area contributed by atoms with Crippen LogP contribution in [0.15, 0.2) is 17.6 Å². The molecule has 2 rings (SSSR count). The first-order valence-corrected chi connectivity index (χ1v) is 7.34. The number of aryl methyl sites for hydroxylation is 2. The molecular weight excluding hydrogens is 266 g/mol. The van der Waals surface area contributed by atoms with Gasteiger partial charge in [0, 0.05) is 31.4 Å².